The predicted octanol–water partition coefficient (Wildman–Crippen LogP) is 5.26. The van der Waals surface area contributed by atoms with Gasteiger partial charge in [-0.05, 0) is 48.7 Å². The lowest BCUT2D eigenvalue weighted by Gasteiger charge is -1.98. The smallest absolute Gasteiger partial charge is 0.303 e. The molecule has 21 heavy (non-hydrogen) atoms. The lowest BCUT2D eigenvalue weighted by Crippen LogP contribution is -1.92. The number of carbonyl (C=O) groups is 1. The summed E-state index contributed by atoms with van der Waals surface area (Å²) < 4.78 is 0. The Morgan fingerprint density at radius 1 is 1.19 bits per heavy atom. The second-order valence-corrected chi connectivity index (χ2v) is 6.43. The van der Waals surface area contributed by atoms with Gasteiger partial charge in [0.1, 0.15) is 0 Å². The molecule has 0 aliphatic carbocycles. The van der Waals surface area contributed by atoms with Crippen molar-refractivity contribution in [2.75, 3.05) is 0 Å². The maximum Gasteiger partial charge on any atom is 0.303 e. The average molecular weight is 321 g/mol. The van der Waals surface area contributed by atoms with Gasteiger partial charge in [-0.25, -0.2) is 0 Å². The number of hydrogen-bond acceptors (Lipinski definition) is 2. The number of aliphatic carboxylic acids is 1. The van der Waals surface area contributed by atoms with Crippen LogP contribution in [0.25, 0.3) is 6.08 Å². The van der Waals surface area contributed by atoms with Gasteiger partial charge in [0, 0.05) is 27.6 Å². The Hall–Kier alpha value is -1.58. The Morgan fingerprint density at radius 2 is 1.95 bits per heavy atom. The lowest BCUT2D eigenvalue weighted by atomic mass is 10.1. The van der Waals surface area contributed by atoms with Gasteiger partial charge in [0.15, 0.2) is 0 Å². The van der Waals surface area contributed by atoms with Crippen LogP contribution in [0, 0.1) is 0 Å². The van der Waals surface area contributed by atoms with Gasteiger partial charge in [-0.2, -0.15) is 0 Å². The third kappa shape index (κ3) is 5.74. The molecular weight excluding hydrogens is 304 g/mol. The molecule has 0 atom stereocenters. The molecule has 0 fully saturated rings. The Bertz CT molecular complexity index is 614. The first kappa shape index (κ1) is 15.8. The van der Waals surface area contributed by atoms with E-state index in [4.69, 9.17) is 16.7 Å². The molecule has 2 aromatic rings. The molecule has 1 aromatic carbocycles. The first-order valence-corrected chi connectivity index (χ1v) is 8.04. The van der Waals surface area contributed by atoms with Crippen LogP contribution in [0.4, 0.5) is 0 Å². The molecule has 4 heteroatoms. The third-order valence-corrected chi connectivity index (χ3v) is 4.32. The van der Waals surface area contributed by atoms with Crippen LogP contribution in [-0.2, 0) is 11.2 Å². The molecular formula is C17H17ClO2S. The molecule has 1 heterocycles. The zero-order valence-corrected chi connectivity index (χ0v) is 13.2. The molecule has 1 aromatic heterocycles. The van der Waals surface area contributed by atoms with Crippen LogP contribution < -0.4 is 0 Å². The zero-order chi connectivity index (χ0) is 15.1. The molecule has 110 valence electrons. The van der Waals surface area contributed by atoms with Crippen LogP contribution in [0.3, 0.4) is 0 Å². The number of allylic oxidation sites excluding steroid dienone is 1. The Labute approximate surface area is 133 Å². The summed E-state index contributed by atoms with van der Waals surface area (Å²) in [5.41, 5.74) is 1.25. The van der Waals surface area contributed by atoms with E-state index in [2.05, 4.69) is 18.2 Å². The number of unbranched alkanes of at least 4 members (excludes halogenated alkanes) is 1. The van der Waals surface area contributed by atoms with Crippen molar-refractivity contribution in [3.8, 4) is 0 Å². The number of carboxylic acids is 1. The van der Waals surface area contributed by atoms with Gasteiger partial charge in [0.25, 0.3) is 0 Å². The molecule has 0 saturated carbocycles. The summed E-state index contributed by atoms with van der Waals surface area (Å²) in [7, 11) is 0. The van der Waals surface area contributed by atoms with Gasteiger partial charge >= 0.3 is 5.97 Å². The SMILES string of the molecule is O=C(O)CCC/C=C/c1ccc(Cc2ccc(Cl)cc2)s1. The maximum atomic E-state index is 10.4. The fraction of sp³-hybridized carbons (Fsp3) is 0.235. The molecule has 1 N–H and O–H groups in total. The van der Waals surface area contributed by atoms with Crippen LogP contribution in [0.5, 0.6) is 0 Å². The Balaban J connectivity index is 1.85. The van der Waals surface area contributed by atoms with E-state index in [-0.39, 0.29) is 6.42 Å². The van der Waals surface area contributed by atoms with Crippen molar-refractivity contribution in [1.29, 1.82) is 0 Å². The first-order valence-electron chi connectivity index (χ1n) is 6.85. The standard InChI is InChI=1S/C17H17ClO2S/c18-14-8-6-13(7-9-14)12-16-11-10-15(21-16)4-2-1-3-5-17(19)20/h2,4,6-11H,1,3,5,12H2,(H,19,20)/b4-2+. The number of hydrogen-bond donors (Lipinski definition) is 1. The minimum absolute atomic E-state index is 0.233. The van der Waals surface area contributed by atoms with Crippen molar-refractivity contribution in [3.63, 3.8) is 0 Å². The highest BCUT2D eigenvalue weighted by atomic mass is 35.5. The summed E-state index contributed by atoms with van der Waals surface area (Å²) in [5.74, 6) is -0.732. The third-order valence-electron chi connectivity index (χ3n) is 3.02. The van der Waals surface area contributed by atoms with Crippen molar-refractivity contribution < 1.29 is 9.90 Å². The summed E-state index contributed by atoms with van der Waals surface area (Å²) in [6.45, 7) is 0. The highest BCUT2D eigenvalue weighted by Gasteiger charge is 2.00. The number of thiophene rings is 1. The number of carboxylic acid groups (broad SMARTS) is 1. The summed E-state index contributed by atoms with van der Waals surface area (Å²) in [4.78, 5) is 12.9. The fourth-order valence-electron chi connectivity index (χ4n) is 1.95. The summed E-state index contributed by atoms with van der Waals surface area (Å²) >= 11 is 7.64. The highest BCUT2D eigenvalue weighted by Crippen LogP contribution is 2.22. The normalized spacial score (nSPS) is 11.1. The van der Waals surface area contributed by atoms with E-state index in [1.807, 2.05) is 30.3 Å². The van der Waals surface area contributed by atoms with E-state index in [1.165, 1.54) is 15.3 Å². The zero-order valence-electron chi connectivity index (χ0n) is 11.6. The van der Waals surface area contributed by atoms with Crippen molar-refractivity contribution in [2.24, 2.45) is 0 Å². The summed E-state index contributed by atoms with van der Waals surface area (Å²) in [6, 6.07) is 12.1. The molecule has 2 nitrogen and oxygen atoms in total. The van der Waals surface area contributed by atoms with Crippen LogP contribution in [0.15, 0.2) is 42.5 Å². The molecule has 0 aliphatic rings. The first-order chi connectivity index (χ1) is 10.1. The van der Waals surface area contributed by atoms with Gasteiger partial charge in [-0.3, -0.25) is 4.79 Å². The second-order valence-electron chi connectivity index (χ2n) is 4.80. The average Bonchev–Trinajstić information content (AvgIpc) is 2.88. The molecule has 0 bridgehead atoms. The van der Waals surface area contributed by atoms with Gasteiger partial charge in [-0.15, -0.1) is 11.3 Å². The second kappa shape index (κ2) is 8.01. The summed E-state index contributed by atoms with van der Waals surface area (Å²) in [5, 5.41) is 9.32. The largest absolute Gasteiger partial charge is 0.481 e. The quantitative estimate of drug-likeness (QED) is 0.706. The summed E-state index contributed by atoms with van der Waals surface area (Å²) in [6.07, 6.45) is 6.75. The van der Waals surface area contributed by atoms with E-state index in [0.717, 1.165) is 17.9 Å². The molecule has 2 rings (SSSR count). The Kier molecular flexibility index (Phi) is 6.03. The van der Waals surface area contributed by atoms with Crippen molar-refractivity contribution >= 4 is 35.0 Å². The van der Waals surface area contributed by atoms with E-state index >= 15 is 0 Å². The minimum Gasteiger partial charge on any atom is -0.481 e. The number of rotatable bonds is 7. The van der Waals surface area contributed by atoms with Crippen LogP contribution in [0.2, 0.25) is 5.02 Å². The lowest BCUT2D eigenvalue weighted by molar-refractivity contribution is -0.137. The predicted molar refractivity (Wildman–Crippen MR) is 89.1 cm³/mol. The molecule has 0 spiro atoms. The fourth-order valence-corrected chi connectivity index (χ4v) is 3.06. The molecule has 0 amide bonds. The van der Waals surface area contributed by atoms with Crippen LogP contribution in [-0.4, -0.2) is 11.1 Å². The van der Waals surface area contributed by atoms with Crippen molar-refractivity contribution in [2.45, 2.75) is 25.7 Å². The van der Waals surface area contributed by atoms with Crippen molar-refractivity contribution in [1.82, 2.24) is 0 Å². The van der Waals surface area contributed by atoms with Gasteiger partial charge in [-0.1, -0.05) is 29.8 Å². The molecule has 0 unspecified atom stereocenters. The van der Waals surface area contributed by atoms with Crippen LogP contribution >= 0.6 is 22.9 Å². The van der Waals surface area contributed by atoms with E-state index in [0.29, 0.717) is 6.42 Å². The molecule has 0 saturated heterocycles. The highest BCUT2D eigenvalue weighted by molar-refractivity contribution is 7.12. The van der Waals surface area contributed by atoms with Gasteiger partial charge in [0.2, 0.25) is 0 Å². The molecule has 0 radical (unpaired) electrons. The topological polar surface area (TPSA) is 37.3 Å². The Morgan fingerprint density at radius 3 is 2.67 bits per heavy atom. The van der Waals surface area contributed by atoms with E-state index in [1.54, 1.807) is 11.3 Å². The van der Waals surface area contributed by atoms with E-state index < -0.39 is 5.97 Å². The monoisotopic (exact) mass is 320 g/mol. The molecule has 0 aliphatic heterocycles. The van der Waals surface area contributed by atoms with Gasteiger partial charge in [0.05, 0.1) is 0 Å². The van der Waals surface area contributed by atoms with Gasteiger partial charge < -0.3 is 5.11 Å². The number of halogens is 1. The maximum absolute atomic E-state index is 10.4. The number of benzene rings is 1. The van der Waals surface area contributed by atoms with Crippen LogP contribution in [0.1, 0.15) is 34.6 Å². The van der Waals surface area contributed by atoms with Crippen molar-refractivity contribution in [3.05, 3.63) is 62.8 Å². The minimum atomic E-state index is -0.732. The van der Waals surface area contributed by atoms with E-state index in [9.17, 15) is 4.79 Å².